The molecule has 0 radical (unpaired) electrons. The van der Waals surface area contributed by atoms with E-state index in [9.17, 15) is 0 Å². The molecule has 23 heavy (non-hydrogen) atoms. The summed E-state index contributed by atoms with van der Waals surface area (Å²) in [5.74, 6) is 2.09. The van der Waals surface area contributed by atoms with Gasteiger partial charge in [-0.15, -0.1) is 0 Å². The molecule has 0 atom stereocenters. The van der Waals surface area contributed by atoms with Crippen LogP contribution in [0.5, 0.6) is 0 Å². The number of benzene rings is 1. The van der Waals surface area contributed by atoms with Gasteiger partial charge in [-0.25, -0.2) is 9.97 Å². The molecule has 0 spiro atoms. The van der Waals surface area contributed by atoms with E-state index in [1.54, 1.807) is 0 Å². The average Bonchev–Trinajstić information content (AvgIpc) is 2.82. The maximum atomic E-state index is 4.95. The first-order chi connectivity index (χ1) is 11.3. The third kappa shape index (κ3) is 3.70. The molecule has 0 aliphatic carbocycles. The molecule has 0 unspecified atom stereocenters. The smallest absolute Gasteiger partial charge is 0.135 e. The van der Waals surface area contributed by atoms with Gasteiger partial charge < -0.3 is 10.2 Å². The first kappa shape index (κ1) is 15.9. The lowest BCUT2D eigenvalue weighted by molar-refractivity contribution is 0.707. The fourth-order valence-electron chi connectivity index (χ4n) is 3.22. The molecular weight excluding hydrogens is 284 g/mol. The van der Waals surface area contributed by atoms with E-state index < -0.39 is 0 Å². The summed E-state index contributed by atoms with van der Waals surface area (Å²) in [5.41, 5.74) is 3.85. The van der Waals surface area contributed by atoms with Gasteiger partial charge in [-0.3, -0.25) is 0 Å². The molecule has 1 aliphatic heterocycles. The second kappa shape index (κ2) is 7.55. The third-order valence-electron chi connectivity index (χ3n) is 4.48. The van der Waals surface area contributed by atoms with E-state index in [4.69, 9.17) is 9.97 Å². The number of hydrogen-bond acceptors (Lipinski definition) is 4. The molecule has 3 rings (SSSR count). The minimum atomic E-state index is 0.801. The summed E-state index contributed by atoms with van der Waals surface area (Å²) in [6.07, 6.45) is 2.82. The SMILES string of the molecule is CCN(CC)c1nc(Cc2ccccc2)nc2c1CCNCC2. The number of nitrogens with one attached hydrogen (secondary N) is 1. The van der Waals surface area contributed by atoms with Crippen molar-refractivity contribution in [3.63, 3.8) is 0 Å². The molecule has 4 heteroatoms. The molecule has 2 aromatic rings. The van der Waals surface area contributed by atoms with E-state index in [0.29, 0.717) is 0 Å². The minimum Gasteiger partial charge on any atom is -0.357 e. The molecule has 4 nitrogen and oxygen atoms in total. The second-order valence-corrected chi connectivity index (χ2v) is 5.97. The molecule has 0 fully saturated rings. The Morgan fingerprint density at radius 3 is 2.48 bits per heavy atom. The Morgan fingerprint density at radius 2 is 1.74 bits per heavy atom. The first-order valence-corrected chi connectivity index (χ1v) is 8.70. The summed E-state index contributed by atoms with van der Waals surface area (Å²) in [4.78, 5) is 12.2. The highest BCUT2D eigenvalue weighted by Gasteiger charge is 2.19. The van der Waals surface area contributed by atoms with Crippen molar-refractivity contribution in [2.75, 3.05) is 31.1 Å². The highest BCUT2D eigenvalue weighted by Crippen LogP contribution is 2.24. The van der Waals surface area contributed by atoms with Crippen molar-refractivity contribution in [1.82, 2.24) is 15.3 Å². The van der Waals surface area contributed by atoms with Gasteiger partial charge in [0.1, 0.15) is 11.6 Å². The van der Waals surface area contributed by atoms with Crippen molar-refractivity contribution in [3.05, 3.63) is 53.0 Å². The van der Waals surface area contributed by atoms with Crippen LogP contribution in [-0.4, -0.2) is 36.1 Å². The summed E-state index contributed by atoms with van der Waals surface area (Å²) in [5, 5.41) is 3.48. The number of aromatic nitrogens is 2. The second-order valence-electron chi connectivity index (χ2n) is 5.97. The van der Waals surface area contributed by atoms with Crippen LogP contribution < -0.4 is 10.2 Å². The van der Waals surface area contributed by atoms with E-state index in [-0.39, 0.29) is 0 Å². The number of anilines is 1. The lowest BCUT2D eigenvalue weighted by Crippen LogP contribution is -2.26. The van der Waals surface area contributed by atoms with Crippen LogP contribution in [0.2, 0.25) is 0 Å². The Kier molecular flexibility index (Phi) is 5.23. The average molecular weight is 310 g/mol. The zero-order chi connectivity index (χ0) is 16.1. The Morgan fingerprint density at radius 1 is 1.00 bits per heavy atom. The molecule has 1 aromatic carbocycles. The summed E-state index contributed by atoms with van der Waals surface area (Å²) in [6.45, 7) is 8.39. The topological polar surface area (TPSA) is 41.1 Å². The van der Waals surface area contributed by atoms with Crippen LogP contribution in [0.15, 0.2) is 30.3 Å². The molecule has 2 heterocycles. The number of hydrogen-bond donors (Lipinski definition) is 1. The van der Waals surface area contributed by atoms with Crippen LogP contribution in [0.3, 0.4) is 0 Å². The van der Waals surface area contributed by atoms with Crippen molar-refractivity contribution in [3.8, 4) is 0 Å². The van der Waals surface area contributed by atoms with E-state index in [0.717, 1.165) is 57.1 Å². The van der Waals surface area contributed by atoms with Crippen LogP contribution >= 0.6 is 0 Å². The van der Waals surface area contributed by atoms with Gasteiger partial charge in [0.05, 0.1) is 5.69 Å². The molecule has 1 aliphatic rings. The Bertz CT molecular complexity index is 635. The summed E-state index contributed by atoms with van der Waals surface area (Å²) >= 11 is 0. The monoisotopic (exact) mass is 310 g/mol. The Hall–Kier alpha value is -1.94. The van der Waals surface area contributed by atoms with Crippen molar-refractivity contribution in [1.29, 1.82) is 0 Å². The van der Waals surface area contributed by atoms with Gasteiger partial charge in [0.25, 0.3) is 0 Å². The van der Waals surface area contributed by atoms with Crippen LogP contribution in [0, 0.1) is 0 Å². The zero-order valence-corrected chi connectivity index (χ0v) is 14.2. The van der Waals surface area contributed by atoms with Gasteiger partial charge in [-0.1, -0.05) is 30.3 Å². The predicted octanol–water partition coefficient (Wildman–Crippen LogP) is 2.60. The zero-order valence-electron chi connectivity index (χ0n) is 14.2. The lowest BCUT2D eigenvalue weighted by Gasteiger charge is -2.24. The van der Waals surface area contributed by atoms with Crippen molar-refractivity contribution >= 4 is 5.82 Å². The molecule has 122 valence electrons. The molecule has 1 aromatic heterocycles. The molecule has 0 saturated heterocycles. The predicted molar refractivity (Wildman–Crippen MR) is 95.1 cm³/mol. The van der Waals surface area contributed by atoms with Gasteiger partial charge in [-0.05, 0) is 32.4 Å². The van der Waals surface area contributed by atoms with Crippen LogP contribution in [0.25, 0.3) is 0 Å². The number of rotatable bonds is 5. The van der Waals surface area contributed by atoms with Gasteiger partial charge in [0, 0.05) is 38.0 Å². The normalized spacial score (nSPS) is 14.2. The molecule has 0 bridgehead atoms. The number of fused-ring (bicyclic) bond motifs is 1. The lowest BCUT2D eigenvalue weighted by atomic mass is 10.1. The maximum Gasteiger partial charge on any atom is 0.135 e. The Balaban J connectivity index is 2.00. The minimum absolute atomic E-state index is 0.801. The van der Waals surface area contributed by atoms with Crippen molar-refractivity contribution in [2.45, 2.75) is 33.1 Å². The van der Waals surface area contributed by atoms with E-state index in [2.05, 4.69) is 48.3 Å². The van der Waals surface area contributed by atoms with Crippen molar-refractivity contribution < 1.29 is 0 Å². The molecule has 1 N–H and O–H groups in total. The quantitative estimate of drug-likeness (QED) is 0.921. The molecular formula is C19H26N4. The van der Waals surface area contributed by atoms with E-state index in [1.807, 2.05) is 6.07 Å². The number of nitrogens with zero attached hydrogens (tertiary/aromatic N) is 3. The molecule has 0 amide bonds. The molecule has 0 saturated carbocycles. The standard InChI is InChI=1S/C19H26N4/c1-3-23(4-2)19-16-10-12-20-13-11-17(16)21-18(22-19)14-15-8-6-5-7-9-15/h5-9,20H,3-4,10-14H2,1-2H3. The van der Waals surface area contributed by atoms with E-state index in [1.165, 1.54) is 16.8 Å². The summed E-state index contributed by atoms with van der Waals surface area (Å²) in [7, 11) is 0. The largest absolute Gasteiger partial charge is 0.357 e. The highest BCUT2D eigenvalue weighted by atomic mass is 15.2. The first-order valence-electron chi connectivity index (χ1n) is 8.70. The van der Waals surface area contributed by atoms with E-state index >= 15 is 0 Å². The summed E-state index contributed by atoms with van der Waals surface area (Å²) in [6, 6.07) is 10.5. The van der Waals surface area contributed by atoms with Crippen LogP contribution in [-0.2, 0) is 19.3 Å². The van der Waals surface area contributed by atoms with Crippen molar-refractivity contribution in [2.24, 2.45) is 0 Å². The van der Waals surface area contributed by atoms with Crippen LogP contribution in [0.4, 0.5) is 5.82 Å². The van der Waals surface area contributed by atoms with Crippen LogP contribution in [0.1, 0.15) is 36.5 Å². The highest BCUT2D eigenvalue weighted by molar-refractivity contribution is 5.50. The Labute approximate surface area is 139 Å². The van der Waals surface area contributed by atoms with Gasteiger partial charge in [-0.2, -0.15) is 0 Å². The third-order valence-corrected chi connectivity index (χ3v) is 4.48. The van der Waals surface area contributed by atoms with Gasteiger partial charge in [0.15, 0.2) is 0 Å². The van der Waals surface area contributed by atoms with Gasteiger partial charge in [0.2, 0.25) is 0 Å². The summed E-state index contributed by atoms with van der Waals surface area (Å²) < 4.78 is 0. The fraction of sp³-hybridized carbons (Fsp3) is 0.474. The van der Waals surface area contributed by atoms with Gasteiger partial charge >= 0.3 is 0 Å². The maximum absolute atomic E-state index is 4.95. The fourth-order valence-corrected chi connectivity index (χ4v) is 3.22.